The van der Waals surface area contributed by atoms with Gasteiger partial charge in [0.15, 0.2) is 0 Å². The average molecular weight is 314 g/mol. The molecule has 2 N–H and O–H groups in total. The molecular weight excluding hydrogens is 300 g/mol. The summed E-state index contributed by atoms with van der Waals surface area (Å²) < 4.78 is 0. The first kappa shape index (κ1) is 16.2. The summed E-state index contributed by atoms with van der Waals surface area (Å²) in [6.45, 7) is 3.22. The van der Waals surface area contributed by atoms with E-state index < -0.39 is 16.8 Å². The molecule has 0 fully saturated rings. The van der Waals surface area contributed by atoms with E-state index in [1.165, 1.54) is 31.2 Å². The number of hydrogen-bond acceptors (Lipinski definition) is 4. The number of amides is 1. The van der Waals surface area contributed by atoms with Crippen LogP contribution in [0, 0.1) is 24.0 Å². The summed E-state index contributed by atoms with van der Waals surface area (Å²) >= 11 is 0. The highest BCUT2D eigenvalue weighted by atomic mass is 16.6. The Labute approximate surface area is 131 Å². The number of para-hydroxylation sites is 1. The molecule has 0 radical (unpaired) electrons. The first-order valence-corrected chi connectivity index (χ1v) is 6.70. The van der Waals surface area contributed by atoms with Crippen molar-refractivity contribution in [3.05, 3.63) is 68.8 Å². The average Bonchev–Trinajstić information content (AvgIpc) is 2.48. The maximum absolute atomic E-state index is 12.3. The predicted octanol–water partition coefficient (Wildman–Crippen LogP) is 3.16. The second-order valence-electron chi connectivity index (χ2n) is 5.02. The summed E-state index contributed by atoms with van der Waals surface area (Å²) in [6, 6.07) is 8.64. The van der Waals surface area contributed by atoms with E-state index in [0.717, 1.165) is 0 Å². The summed E-state index contributed by atoms with van der Waals surface area (Å²) in [5, 5.41) is 22.5. The standard InChI is InChI=1S/C16H14N2O5/c1-9-4-3-5-12(16(20)21)14(9)17-15(19)11-6-7-13(18(22)23)10(2)8-11/h3-8H,1-2H3,(H,17,19)(H,20,21). The fraction of sp³-hybridized carbons (Fsp3) is 0.125. The summed E-state index contributed by atoms with van der Waals surface area (Å²) in [7, 11) is 0. The Morgan fingerprint density at radius 2 is 1.83 bits per heavy atom. The van der Waals surface area contributed by atoms with E-state index in [0.29, 0.717) is 11.1 Å². The molecule has 2 aromatic carbocycles. The predicted molar refractivity (Wildman–Crippen MR) is 83.9 cm³/mol. The molecule has 23 heavy (non-hydrogen) atoms. The third-order valence-electron chi connectivity index (χ3n) is 3.40. The highest BCUT2D eigenvalue weighted by Gasteiger charge is 2.17. The van der Waals surface area contributed by atoms with Crippen molar-refractivity contribution in [3.63, 3.8) is 0 Å². The van der Waals surface area contributed by atoms with Crippen LogP contribution in [-0.2, 0) is 0 Å². The third-order valence-corrected chi connectivity index (χ3v) is 3.40. The van der Waals surface area contributed by atoms with Gasteiger partial charge in [-0.3, -0.25) is 14.9 Å². The number of anilines is 1. The Hall–Kier alpha value is -3.22. The number of hydrogen-bond donors (Lipinski definition) is 2. The van der Waals surface area contributed by atoms with Gasteiger partial charge in [-0.25, -0.2) is 4.79 Å². The van der Waals surface area contributed by atoms with Crippen LogP contribution in [0.25, 0.3) is 0 Å². The Bertz CT molecular complexity index is 814. The molecule has 2 aromatic rings. The second kappa shape index (κ2) is 6.27. The SMILES string of the molecule is Cc1cc(C(=O)Nc2c(C)cccc2C(=O)O)ccc1[N+](=O)[O-]. The van der Waals surface area contributed by atoms with Crippen LogP contribution in [0.1, 0.15) is 31.8 Å². The minimum Gasteiger partial charge on any atom is -0.478 e. The summed E-state index contributed by atoms with van der Waals surface area (Å²) in [6.07, 6.45) is 0. The van der Waals surface area contributed by atoms with Gasteiger partial charge in [0.2, 0.25) is 0 Å². The lowest BCUT2D eigenvalue weighted by atomic mass is 10.1. The maximum Gasteiger partial charge on any atom is 0.337 e. The van der Waals surface area contributed by atoms with Gasteiger partial charge >= 0.3 is 5.97 Å². The van der Waals surface area contributed by atoms with E-state index in [4.69, 9.17) is 0 Å². The molecule has 0 aromatic heterocycles. The molecule has 0 saturated heterocycles. The molecule has 1 amide bonds. The molecule has 2 rings (SSSR count). The van der Waals surface area contributed by atoms with Gasteiger partial charge in [-0.05, 0) is 37.6 Å². The number of nitro benzene ring substituents is 1. The number of benzene rings is 2. The normalized spacial score (nSPS) is 10.2. The number of aryl methyl sites for hydroxylation is 2. The van der Waals surface area contributed by atoms with E-state index >= 15 is 0 Å². The monoisotopic (exact) mass is 314 g/mol. The van der Waals surface area contributed by atoms with Gasteiger partial charge < -0.3 is 10.4 Å². The quantitative estimate of drug-likeness (QED) is 0.665. The Kier molecular flexibility index (Phi) is 4.40. The minimum absolute atomic E-state index is 0.0167. The molecule has 0 aliphatic carbocycles. The van der Waals surface area contributed by atoms with Gasteiger partial charge in [0.1, 0.15) is 0 Å². The number of carbonyl (C=O) groups excluding carboxylic acids is 1. The van der Waals surface area contributed by atoms with Gasteiger partial charge in [0.25, 0.3) is 11.6 Å². The molecule has 0 bridgehead atoms. The van der Waals surface area contributed by atoms with Gasteiger partial charge in [0, 0.05) is 17.2 Å². The molecule has 0 atom stereocenters. The lowest BCUT2D eigenvalue weighted by Gasteiger charge is -2.11. The van der Waals surface area contributed by atoms with Gasteiger partial charge in [-0.2, -0.15) is 0 Å². The van der Waals surface area contributed by atoms with Crippen LogP contribution in [0.5, 0.6) is 0 Å². The number of carboxylic acids is 1. The first-order valence-electron chi connectivity index (χ1n) is 6.70. The number of carbonyl (C=O) groups is 2. The number of nitrogens with zero attached hydrogens (tertiary/aromatic N) is 1. The van der Waals surface area contributed by atoms with E-state index in [-0.39, 0.29) is 22.5 Å². The Morgan fingerprint density at radius 3 is 2.39 bits per heavy atom. The molecule has 0 spiro atoms. The van der Waals surface area contributed by atoms with Crippen LogP contribution < -0.4 is 5.32 Å². The molecule has 0 aliphatic rings. The number of nitro groups is 1. The zero-order valence-corrected chi connectivity index (χ0v) is 12.5. The van der Waals surface area contributed by atoms with Crippen LogP contribution in [0.3, 0.4) is 0 Å². The van der Waals surface area contributed by atoms with Gasteiger partial charge in [0.05, 0.1) is 16.2 Å². The molecule has 0 saturated carbocycles. The van der Waals surface area contributed by atoms with E-state index in [1.54, 1.807) is 19.1 Å². The molecule has 7 nitrogen and oxygen atoms in total. The molecule has 7 heteroatoms. The van der Waals surface area contributed by atoms with Crippen molar-refractivity contribution >= 4 is 23.3 Å². The van der Waals surface area contributed by atoms with Crippen molar-refractivity contribution in [2.75, 3.05) is 5.32 Å². The second-order valence-corrected chi connectivity index (χ2v) is 5.02. The highest BCUT2D eigenvalue weighted by molar-refractivity contribution is 6.08. The number of carboxylic acid groups (broad SMARTS) is 1. The summed E-state index contributed by atoms with van der Waals surface area (Å²) in [5.41, 5.74) is 1.29. The first-order chi connectivity index (χ1) is 10.8. The third kappa shape index (κ3) is 3.34. The van der Waals surface area contributed by atoms with Crippen molar-refractivity contribution in [2.45, 2.75) is 13.8 Å². The maximum atomic E-state index is 12.3. The fourth-order valence-corrected chi connectivity index (χ4v) is 2.20. The topological polar surface area (TPSA) is 110 Å². The zero-order chi connectivity index (χ0) is 17.1. The van der Waals surface area contributed by atoms with Crippen LogP contribution in [0.2, 0.25) is 0 Å². The number of nitrogens with one attached hydrogen (secondary N) is 1. The van der Waals surface area contributed by atoms with Crippen LogP contribution in [0.15, 0.2) is 36.4 Å². The summed E-state index contributed by atoms with van der Waals surface area (Å²) in [4.78, 5) is 33.8. The molecular formula is C16H14N2O5. The Balaban J connectivity index is 2.35. The number of aromatic carboxylic acids is 1. The van der Waals surface area contributed by atoms with Crippen molar-refractivity contribution in [1.82, 2.24) is 0 Å². The van der Waals surface area contributed by atoms with Crippen LogP contribution in [0.4, 0.5) is 11.4 Å². The van der Waals surface area contributed by atoms with Crippen LogP contribution >= 0.6 is 0 Å². The largest absolute Gasteiger partial charge is 0.478 e. The molecule has 0 unspecified atom stereocenters. The smallest absolute Gasteiger partial charge is 0.337 e. The van der Waals surface area contributed by atoms with Gasteiger partial charge in [-0.15, -0.1) is 0 Å². The van der Waals surface area contributed by atoms with E-state index in [2.05, 4.69) is 5.32 Å². The Morgan fingerprint density at radius 1 is 1.13 bits per heavy atom. The van der Waals surface area contributed by atoms with E-state index in [9.17, 15) is 24.8 Å². The molecule has 118 valence electrons. The molecule has 0 heterocycles. The van der Waals surface area contributed by atoms with Gasteiger partial charge in [-0.1, -0.05) is 12.1 Å². The molecule has 0 aliphatic heterocycles. The van der Waals surface area contributed by atoms with Crippen molar-refractivity contribution < 1.29 is 19.6 Å². The van der Waals surface area contributed by atoms with Crippen molar-refractivity contribution in [1.29, 1.82) is 0 Å². The van der Waals surface area contributed by atoms with Crippen LogP contribution in [-0.4, -0.2) is 21.9 Å². The van der Waals surface area contributed by atoms with Crippen molar-refractivity contribution in [2.24, 2.45) is 0 Å². The number of rotatable bonds is 4. The lowest BCUT2D eigenvalue weighted by molar-refractivity contribution is -0.385. The highest BCUT2D eigenvalue weighted by Crippen LogP contribution is 2.23. The van der Waals surface area contributed by atoms with E-state index in [1.807, 2.05) is 0 Å². The lowest BCUT2D eigenvalue weighted by Crippen LogP contribution is -2.16. The van der Waals surface area contributed by atoms with Crippen molar-refractivity contribution in [3.8, 4) is 0 Å². The zero-order valence-electron chi connectivity index (χ0n) is 12.5. The summed E-state index contributed by atoms with van der Waals surface area (Å²) in [5.74, 6) is -1.68. The fourth-order valence-electron chi connectivity index (χ4n) is 2.20. The minimum atomic E-state index is -1.15.